The van der Waals surface area contributed by atoms with Gasteiger partial charge in [-0.2, -0.15) is 0 Å². The minimum Gasteiger partial charge on any atom is -0.481 e. The van der Waals surface area contributed by atoms with E-state index in [9.17, 15) is 14.7 Å². The van der Waals surface area contributed by atoms with Crippen LogP contribution in [0.3, 0.4) is 0 Å². The molecule has 1 N–H and O–H groups in total. The molecule has 4 saturated carbocycles. The third-order valence-corrected chi connectivity index (χ3v) is 17.1. The average Bonchev–Trinajstić information content (AvgIpc) is 2.94. The third kappa shape index (κ3) is 3.62. The molecular formula is C29H48O5Si. The van der Waals surface area contributed by atoms with Gasteiger partial charge in [0.2, 0.25) is 0 Å². The van der Waals surface area contributed by atoms with Crippen LogP contribution in [-0.2, 0) is 18.8 Å². The second kappa shape index (κ2) is 8.06. The highest BCUT2D eigenvalue weighted by atomic mass is 28.4. The molecule has 0 unspecified atom stereocenters. The van der Waals surface area contributed by atoms with Crippen molar-refractivity contribution in [1.29, 1.82) is 0 Å². The lowest BCUT2D eigenvalue weighted by atomic mass is 9.42. The highest BCUT2D eigenvalue weighted by molar-refractivity contribution is 6.74. The minimum absolute atomic E-state index is 0.0754. The van der Waals surface area contributed by atoms with Crippen molar-refractivity contribution in [2.75, 3.05) is 0 Å². The normalized spacial score (nSPS) is 47.3. The molecule has 198 valence electrons. The average molecular weight is 505 g/mol. The standard InChI is InChI=1S/C29H48O5Si/c1-26(2,3)35(6,7)34-19-10-13-27(4)18(16-19)8-9-23-22(27)11-14-28(5)21-12-15-29(23,28)33-25(32)20(21)17-24(30)31/h18-23H,8-17H2,1-7H3,(H,30,31)/t18-,19+,20-,21-,22+,23-,27+,28-,29+/m1/s1. The van der Waals surface area contributed by atoms with Crippen LogP contribution in [0.2, 0.25) is 18.1 Å². The van der Waals surface area contributed by atoms with Crippen molar-refractivity contribution in [2.45, 2.75) is 129 Å². The zero-order valence-corrected chi connectivity index (χ0v) is 24.1. The van der Waals surface area contributed by atoms with Crippen molar-refractivity contribution in [3.05, 3.63) is 0 Å². The number of fused-ring (bicyclic) bond motifs is 3. The van der Waals surface area contributed by atoms with Crippen LogP contribution in [0, 0.1) is 40.4 Å². The zero-order valence-electron chi connectivity index (χ0n) is 23.1. The number of carboxylic acid groups (broad SMARTS) is 1. The van der Waals surface area contributed by atoms with Crippen LogP contribution in [0.15, 0.2) is 0 Å². The van der Waals surface area contributed by atoms with E-state index in [-0.39, 0.29) is 39.8 Å². The Balaban J connectivity index is 1.37. The smallest absolute Gasteiger partial charge is 0.310 e. The van der Waals surface area contributed by atoms with E-state index in [4.69, 9.17) is 9.16 Å². The summed E-state index contributed by atoms with van der Waals surface area (Å²) in [5.74, 6) is 0.259. The molecule has 5 rings (SSSR count). The summed E-state index contributed by atoms with van der Waals surface area (Å²) in [4.78, 5) is 24.7. The molecule has 0 amide bonds. The molecule has 1 saturated heterocycles. The predicted octanol–water partition coefficient (Wildman–Crippen LogP) is 6.81. The predicted molar refractivity (Wildman–Crippen MR) is 138 cm³/mol. The first-order valence-corrected chi connectivity index (χ1v) is 17.2. The number of esters is 1. The van der Waals surface area contributed by atoms with Crippen LogP contribution in [-0.4, -0.2) is 37.1 Å². The van der Waals surface area contributed by atoms with Gasteiger partial charge in [0, 0.05) is 17.4 Å². The summed E-state index contributed by atoms with van der Waals surface area (Å²) in [5, 5.41) is 9.70. The van der Waals surface area contributed by atoms with Crippen LogP contribution in [0.25, 0.3) is 0 Å². The van der Waals surface area contributed by atoms with E-state index in [1.807, 2.05) is 0 Å². The second-order valence-corrected chi connectivity index (χ2v) is 19.6. The molecule has 2 bridgehead atoms. The van der Waals surface area contributed by atoms with E-state index < -0.39 is 20.2 Å². The fourth-order valence-corrected chi connectivity index (χ4v) is 11.0. The summed E-state index contributed by atoms with van der Waals surface area (Å²) < 4.78 is 13.4. The van der Waals surface area contributed by atoms with Crippen molar-refractivity contribution in [1.82, 2.24) is 0 Å². The lowest BCUT2D eigenvalue weighted by Crippen LogP contribution is -2.67. The summed E-state index contributed by atoms with van der Waals surface area (Å²) in [5.41, 5.74) is -0.169. The quantitative estimate of drug-likeness (QED) is 0.336. The molecule has 6 heteroatoms. The maximum atomic E-state index is 13.2. The van der Waals surface area contributed by atoms with E-state index in [1.165, 1.54) is 25.7 Å². The molecule has 0 radical (unpaired) electrons. The first kappa shape index (κ1) is 25.8. The number of carbonyl (C=O) groups excluding carboxylic acids is 1. The lowest BCUT2D eigenvalue weighted by molar-refractivity contribution is -0.253. The zero-order chi connectivity index (χ0) is 25.6. The van der Waals surface area contributed by atoms with Crippen LogP contribution in [0.1, 0.15) is 98.8 Å². The van der Waals surface area contributed by atoms with Crippen LogP contribution in [0.4, 0.5) is 0 Å². The van der Waals surface area contributed by atoms with E-state index in [2.05, 4.69) is 47.7 Å². The van der Waals surface area contributed by atoms with Crippen LogP contribution < -0.4 is 0 Å². The lowest BCUT2D eigenvalue weighted by Gasteiger charge is -2.66. The number of carbonyl (C=O) groups is 2. The van der Waals surface area contributed by atoms with Gasteiger partial charge in [-0.05, 0) is 99.1 Å². The number of ether oxygens (including phenoxy) is 1. The van der Waals surface area contributed by atoms with E-state index >= 15 is 0 Å². The number of hydrogen-bond donors (Lipinski definition) is 1. The van der Waals surface area contributed by atoms with Gasteiger partial charge in [0.15, 0.2) is 8.32 Å². The SMILES string of the molecule is CC(C)(C)[Si](C)(C)O[C@H]1CC[C@@]2(C)[C@H](CC[C@@H]3[C@@H]2CC[C@]2(C)[C@@H]4CC[C@]32OC(=O)[C@@H]4CC(=O)O)C1. The van der Waals surface area contributed by atoms with Gasteiger partial charge in [0.05, 0.1) is 12.3 Å². The van der Waals surface area contributed by atoms with Crippen LogP contribution >= 0.6 is 0 Å². The van der Waals surface area contributed by atoms with Gasteiger partial charge in [-0.15, -0.1) is 0 Å². The Morgan fingerprint density at radius 3 is 2.37 bits per heavy atom. The molecule has 35 heavy (non-hydrogen) atoms. The molecule has 4 aliphatic carbocycles. The Morgan fingerprint density at radius 1 is 1.03 bits per heavy atom. The van der Waals surface area contributed by atoms with Gasteiger partial charge in [-0.1, -0.05) is 34.6 Å². The number of hydrogen-bond acceptors (Lipinski definition) is 4. The molecule has 0 aromatic heterocycles. The van der Waals surface area contributed by atoms with Gasteiger partial charge in [0.25, 0.3) is 0 Å². The number of rotatable bonds is 4. The Labute approximate surface area is 213 Å². The molecule has 9 atom stereocenters. The maximum absolute atomic E-state index is 13.2. The largest absolute Gasteiger partial charge is 0.481 e. The van der Waals surface area contributed by atoms with Crippen molar-refractivity contribution < 1.29 is 23.9 Å². The summed E-state index contributed by atoms with van der Waals surface area (Å²) in [6.45, 7) is 16.6. The van der Waals surface area contributed by atoms with Crippen molar-refractivity contribution in [3.63, 3.8) is 0 Å². The van der Waals surface area contributed by atoms with Crippen molar-refractivity contribution in [3.8, 4) is 0 Å². The minimum atomic E-state index is -1.78. The Morgan fingerprint density at radius 2 is 1.71 bits per heavy atom. The molecular weight excluding hydrogens is 456 g/mol. The first-order valence-electron chi connectivity index (χ1n) is 14.3. The summed E-state index contributed by atoms with van der Waals surface area (Å²) >= 11 is 0. The fraction of sp³-hybridized carbons (Fsp3) is 0.931. The second-order valence-electron chi connectivity index (χ2n) is 14.9. The number of aliphatic carboxylic acids is 1. The van der Waals surface area contributed by atoms with E-state index in [0.717, 1.165) is 32.1 Å². The molecule has 0 aromatic carbocycles. The molecule has 5 fully saturated rings. The van der Waals surface area contributed by atoms with Gasteiger partial charge < -0.3 is 14.3 Å². The molecule has 0 spiro atoms. The molecule has 5 nitrogen and oxygen atoms in total. The highest BCUT2D eigenvalue weighted by Crippen LogP contribution is 2.73. The van der Waals surface area contributed by atoms with Crippen molar-refractivity contribution in [2.24, 2.45) is 40.4 Å². The van der Waals surface area contributed by atoms with Crippen LogP contribution in [0.5, 0.6) is 0 Å². The van der Waals surface area contributed by atoms with Crippen molar-refractivity contribution >= 4 is 20.3 Å². The third-order valence-electron chi connectivity index (χ3n) is 12.6. The van der Waals surface area contributed by atoms with E-state index in [0.29, 0.717) is 23.9 Å². The molecule has 1 heterocycles. The Hall–Kier alpha value is -0.883. The summed E-state index contributed by atoms with van der Waals surface area (Å²) in [7, 11) is -1.78. The fourth-order valence-electron chi connectivity index (χ4n) is 9.62. The van der Waals surface area contributed by atoms with Gasteiger partial charge in [-0.25, -0.2) is 0 Å². The first-order chi connectivity index (χ1) is 16.1. The number of carboxylic acids is 1. The maximum Gasteiger partial charge on any atom is 0.310 e. The monoisotopic (exact) mass is 504 g/mol. The summed E-state index contributed by atoms with van der Waals surface area (Å²) in [6.07, 6.45) is 10.3. The van der Waals surface area contributed by atoms with E-state index in [1.54, 1.807) is 0 Å². The van der Waals surface area contributed by atoms with Gasteiger partial charge >= 0.3 is 11.9 Å². The molecule has 0 aromatic rings. The van der Waals surface area contributed by atoms with Gasteiger partial charge in [0.1, 0.15) is 5.60 Å². The Bertz CT molecular complexity index is 894. The molecule has 5 aliphatic rings. The topological polar surface area (TPSA) is 72.8 Å². The summed E-state index contributed by atoms with van der Waals surface area (Å²) in [6, 6.07) is 0. The van der Waals surface area contributed by atoms with Gasteiger partial charge in [-0.3, -0.25) is 9.59 Å². The Kier molecular flexibility index (Phi) is 5.93. The highest BCUT2D eigenvalue weighted by Gasteiger charge is 2.73. The molecule has 1 aliphatic heterocycles.